The van der Waals surface area contributed by atoms with Crippen LogP contribution in [0.1, 0.15) is 33.3 Å². The Balaban J connectivity index is 2.53. The molecule has 0 saturated heterocycles. The van der Waals surface area contributed by atoms with Gasteiger partial charge in [0.1, 0.15) is 0 Å². The van der Waals surface area contributed by atoms with Gasteiger partial charge in [0, 0.05) is 6.20 Å². The number of aliphatic hydroxyl groups excluding tert-OH is 1. The van der Waals surface area contributed by atoms with E-state index in [1.165, 1.54) is 5.56 Å². The van der Waals surface area contributed by atoms with Crippen molar-refractivity contribution >= 4 is 0 Å². The van der Waals surface area contributed by atoms with E-state index in [1.807, 2.05) is 30.9 Å². The average Bonchev–Trinajstić information content (AvgIpc) is 2.51. The molecular formula is C12H22N2O. The van der Waals surface area contributed by atoms with Crippen molar-refractivity contribution in [3.8, 4) is 0 Å². The van der Waals surface area contributed by atoms with E-state index >= 15 is 0 Å². The van der Waals surface area contributed by atoms with Crippen LogP contribution in [0.15, 0.2) is 12.4 Å². The normalized spacial score (nSPS) is 13.8. The molecule has 0 aliphatic carbocycles. The molecule has 1 N–H and O–H groups in total. The predicted molar refractivity (Wildman–Crippen MR) is 61.6 cm³/mol. The van der Waals surface area contributed by atoms with Gasteiger partial charge in [-0.1, -0.05) is 27.7 Å². The molecular weight excluding hydrogens is 188 g/mol. The number of hydrogen-bond donors (Lipinski definition) is 1. The maximum Gasteiger partial charge on any atom is 0.0758 e. The van der Waals surface area contributed by atoms with Crippen LogP contribution in [0.3, 0.4) is 0 Å². The number of nitrogens with zero attached hydrogens (tertiary/aromatic N) is 2. The lowest BCUT2D eigenvalue weighted by Crippen LogP contribution is -2.21. The predicted octanol–water partition coefficient (Wildman–Crippen LogP) is 2.10. The summed E-state index contributed by atoms with van der Waals surface area (Å²) >= 11 is 0. The van der Waals surface area contributed by atoms with Crippen molar-refractivity contribution in [2.45, 2.75) is 46.8 Å². The Morgan fingerprint density at radius 1 is 1.33 bits per heavy atom. The molecule has 0 fully saturated rings. The molecule has 0 amide bonds. The van der Waals surface area contributed by atoms with E-state index in [0.29, 0.717) is 12.5 Å². The lowest BCUT2D eigenvalue weighted by Gasteiger charge is -2.13. The smallest absolute Gasteiger partial charge is 0.0758 e. The van der Waals surface area contributed by atoms with E-state index in [-0.39, 0.29) is 12.0 Å². The van der Waals surface area contributed by atoms with Crippen LogP contribution in [0.25, 0.3) is 0 Å². The maximum atomic E-state index is 9.71. The minimum Gasteiger partial charge on any atom is -0.391 e. The van der Waals surface area contributed by atoms with E-state index in [2.05, 4.69) is 18.9 Å². The van der Waals surface area contributed by atoms with Gasteiger partial charge in [-0.05, 0) is 23.8 Å². The largest absolute Gasteiger partial charge is 0.391 e. The SMILES string of the molecule is CC(C)Cc1cnn(C[C@@H](O)C(C)C)c1. The molecule has 1 aromatic rings. The molecule has 0 aliphatic rings. The Morgan fingerprint density at radius 3 is 2.53 bits per heavy atom. The van der Waals surface area contributed by atoms with Gasteiger partial charge in [0.2, 0.25) is 0 Å². The molecule has 15 heavy (non-hydrogen) atoms. The van der Waals surface area contributed by atoms with Gasteiger partial charge < -0.3 is 5.11 Å². The highest BCUT2D eigenvalue weighted by Crippen LogP contribution is 2.08. The summed E-state index contributed by atoms with van der Waals surface area (Å²) in [5.74, 6) is 0.931. The van der Waals surface area contributed by atoms with E-state index in [4.69, 9.17) is 0 Å². The summed E-state index contributed by atoms with van der Waals surface area (Å²) in [5, 5.41) is 14.0. The van der Waals surface area contributed by atoms with Crippen LogP contribution in [0.2, 0.25) is 0 Å². The molecule has 0 aromatic carbocycles. The summed E-state index contributed by atoms with van der Waals surface area (Å²) in [4.78, 5) is 0. The van der Waals surface area contributed by atoms with Crippen molar-refractivity contribution < 1.29 is 5.11 Å². The minimum atomic E-state index is -0.309. The Hall–Kier alpha value is -0.830. The van der Waals surface area contributed by atoms with Gasteiger partial charge in [0.05, 0.1) is 18.8 Å². The fraction of sp³-hybridized carbons (Fsp3) is 0.750. The molecule has 0 bridgehead atoms. The second kappa shape index (κ2) is 5.31. The standard InChI is InChI=1S/C12H22N2O/c1-9(2)5-11-6-13-14(7-11)8-12(15)10(3)4/h6-7,9-10,12,15H,5,8H2,1-4H3/t12-/m1/s1. The summed E-state index contributed by atoms with van der Waals surface area (Å²) < 4.78 is 1.84. The quantitative estimate of drug-likeness (QED) is 0.808. The zero-order valence-corrected chi connectivity index (χ0v) is 10.1. The van der Waals surface area contributed by atoms with Crippen molar-refractivity contribution in [2.24, 2.45) is 11.8 Å². The summed E-state index contributed by atoms with van der Waals surface area (Å²) in [7, 11) is 0. The zero-order chi connectivity index (χ0) is 11.4. The first-order valence-electron chi connectivity index (χ1n) is 5.68. The van der Waals surface area contributed by atoms with Crippen molar-refractivity contribution in [2.75, 3.05) is 0 Å². The average molecular weight is 210 g/mol. The third-order valence-corrected chi connectivity index (χ3v) is 2.47. The first-order chi connectivity index (χ1) is 6.99. The molecule has 3 heteroatoms. The minimum absolute atomic E-state index is 0.280. The van der Waals surface area contributed by atoms with Gasteiger partial charge >= 0.3 is 0 Å². The van der Waals surface area contributed by atoms with Crippen LogP contribution < -0.4 is 0 Å². The second-order valence-corrected chi connectivity index (χ2v) is 4.98. The van der Waals surface area contributed by atoms with Crippen LogP contribution in [0.4, 0.5) is 0 Å². The van der Waals surface area contributed by atoms with E-state index in [9.17, 15) is 5.11 Å². The van der Waals surface area contributed by atoms with Gasteiger partial charge in [-0.15, -0.1) is 0 Å². The molecule has 0 aliphatic heterocycles. The first-order valence-corrected chi connectivity index (χ1v) is 5.68. The number of aromatic nitrogens is 2. The summed E-state index contributed by atoms with van der Waals surface area (Å²) in [6.07, 6.45) is 4.67. The van der Waals surface area contributed by atoms with Crippen LogP contribution in [0, 0.1) is 11.8 Å². The number of hydrogen-bond acceptors (Lipinski definition) is 2. The molecule has 3 nitrogen and oxygen atoms in total. The Morgan fingerprint density at radius 2 is 2.00 bits per heavy atom. The third-order valence-electron chi connectivity index (χ3n) is 2.47. The Bertz CT molecular complexity index is 292. The molecule has 1 aromatic heterocycles. The van der Waals surface area contributed by atoms with Crippen LogP contribution >= 0.6 is 0 Å². The van der Waals surface area contributed by atoms with E-state index in [1.54, 1.807) is 0 Å². The third kappa shape index (κ3) is 4.04. The lowest BCUT2D eigenvalue weighted by molar-refractivity contribution is 0.103. The summed E-state index contributed by atoms with van der Waals surface area (Å²) in [6, 6.07) is 0. The Labute approximate surface area is 92.1 Å². The number of rotatable bonds is 5. The second-order valence-electron chi connectivity index (χ2n) is 4.98. The molecule has 0 saturated carbocycles. The summed E-state index contributed by atoms with van der Waals surface area (Å²) in [6.45, 7) is 9.02. The summed E-state index contributed by atoms with van der Waals surface area (Å²) in [5.41, 5.74) is 1.25. The molecule has 0 spiro atoms. The van der Waals surface area contributed by atoms with E-state index < -0.39 is 0 Å². The fourth-order valence-electron chi connectivity index (χ4n) is 1.49. The molecule has 1 heterocycles. The van der Waals surface area contributed by atoms with Crippen LogP contribution in [-0.4, -0.2) is 21.0 Å². The molecule has 1 atom stereocenters. The topological polar surface area (TPSA) is 38.0 Å². The highest BCUT2D eigenvalue weighted by Gasteiger charge is 2.10. The van der Waals surface area contributed by atoms with E-state index in [0.717, 1.165) is 6.42 Å². The van der Waals surface area contributed by atoms with Gasteiger partial charge in [0.25, 0.3) is 0 Å². The molecule has 86 valence electrons. The van der Waals surface area contributed by atoms with Gasteiger partial charge in [0.15, 0.2) is 0 Å². The van der Waals surface area contributed by atoms with Crippen molar-refractivity contribution in [1.82, 2.24) is 9.78 Å². The van der Waals surface area contributed by atoms with Crippen molar-refractivity contribution in [3.05, 3.63) is 18.0 Å². The zero-order valence-electron chi connectivity index (χ0n) is 10.1. The molecule has 0 radical (unpaired) electrons. The Kier molecular flexibility index (Phi) is 4.33. The van der Waals surface area contributed by atoms with Crippen LogP contribution in [-0.2, 0) is 13.0 Å². The fourth-order valence-corrected chi connectivity index (χ4v) is 1.49. The van der Waals surface area contributed by atoms with Crippen LogP contribution in [0.5, 0.6) is 0 Å². The van der Waals surface area contributed by atoms with Gasteiger partial charge in [-0.25, -0.2) is 0 Å². The highest BCUT2D eigenvalue weighted by atomic mass is 16.3. The first kappa shape index (κ1) is 12.2. The highest BCUT2D eigenvalue weighted by molar-refractivity contribution is 5.04. The maximum absolute atomic E-state index is 9.71. The van der Waals surface area contributed by atoms with Gasteiger partial charge in [-0.2, -0.15) is 5.10 Å². The molecule has 0 unspecified atom stereocenters. The monoisotopic (exact) mass is 210 g/mol. The van der Waals surface area contributed by atoms with Gasteiger partial charge in [-0.3, -0.25) is 4.68 Å². The van der Waals surface area contributed by atoms with Crippen molar-refractivity contribution in [1.29, 1.82) is 0 Å². The lowest BCUT2D eigenvalue weighted by atomic mass is 10.1. The van der Waals surface area contributed by atoms with Crippen molar-refractivity contribution in [3.63, 3.8) is 0 Å². The number of aliphatic hydroxyl groups is 1. The molecule has 1 rings (SSSR count).